The van der Waals surface area contributed by atoms with Gasteiger partial charge in [0, 0.05) is 0 Å². The molecule has 0 N–H and O–H groups in total. The molecule has 0 bridgehead atoms. The molecule has 0 saturated carbocycles. The van der Waals surface area contributed by atoms with Crippen molar-refractivity contribution in [3.63, 3.8) is 0 Å². The van der Waals surface area contributed by atoms with E-state index in [9.17, 15) is 0 Å². The molecule has 1 heterocycles. The number of hydrogen-bond acceptors (Lipinski definition) is 2. The standard InChI is InChI=1S/C14H19N3/c1-11-5-12(8-17-10-15-9-16-17)7-13(6-11)14(2,3)4/h5-7,9-10H,8H2,1-4H3. The summed E-state index contributed by atoms with van der Waals surface area (Å²) >= 11 is 0. The Hall–Kier alpha value is -1.64. The van der Waals surface area contributed by atoms with Crippen molar-refractivity contribution in [3.8, 4) is 0 Å². The van der Waals surface area contributed by atoms with E-state index in [1.165, 1.54) is 16.7 Å². The van der Waals surface area contributed by atoms with Crippen molar-refractivity contribution >= 4 is 0 Å². The SMILES string of the molecule is Cc1cc(Cn2cncn2)cc(C(C)(C)C)c1. The van der Waals surface area contributed by atoms with Gasteiger partial charge in [-0.15, -0.1) is 0 Å². The number of aromatic nitrogens is 3. The first-order chi connectivity index (χ1) is 7.95. The fourth-order valence-corrected chi connectivity index (χ4v) is 1.89. The van der Waals surface area contributed by atoms with E-state index in [1.807, 2.05) is 4.68 Å². The summed E-state index contributed by atoms with van der Waals surface area (Å²) in [4.78, 5) is 3.96. The van der Waals surface area contributed by atoms with Crippen LogP contribution in [0.4, 0.5) is 0 Å². The normalized spacial score (nSPS) is 11.8. The van der Waals surface area contributed by atoms with Crippen LogP contribution in [0, 0.1) is 6.92 Å². The average molecular weight is 229 g/mol. The van der Waals surface area contributed by atoms with Gasteiger partial charge in [0.15, 0.2) is 0 Å². The number of benzene rings is 1. The van der Waals surface area contributed by atoms with Gasteiger partial charge in [-0.3, -0.25) is 0 Å². The summed E-state index contributed by atoms with van der Waals surface area (Å²) in [6, 6.07) is 6.72. The summed E-state index contributed by atoms with van der Waals surface area (Å²) in [5.41, 5.74) is 4.13. The number of hydrogen-bond donors (Lipinski definition) is 0. The van der Waals surface area contributed by atoms with E-state index in [4.69, 9.17) is 0 Å². The summed E-state index contributed by atoms with van der Waals surface area (Å²) < 4.78 is 1.85. The van der Waals surface area contributed by atoms with Crippen LogP contribution in [0.15, 0.2) is 30.9 Å². The molecule has 0 fully saturated rings. The van der Waals surface area contributed by atoms with Gasteiger partial charge in [-0.1, -0.05) is 44.5 Å². The third-order valence-corrected chi connectivity index (χ3v) is 2.81. The lowest BCUT2D eigenvalue weighted by Crippen LogP contribution is -2.12. The topological polar surface area (TPSA) is 30.7 Å². The van der Waals surface area contributed by atoms with Crippen molar-refractivity contribution in [1.82, 2.24) is 14.8 Å². The molecule has 1 aromatic carbocycles. The minimum Gasteiger partial charge on any atom is -0.249 e. The quantitative estimate of drug-likeness (QED) is 0.792. The fourth-order valence-electron chi connectivity index (χ4n) is 1.89. The first-order valence-corrected chi connectivity index (χ1v) is 5.88. The highest BCUT2D eigenvalue weighted by Gasteiger charge is 2.14. The highest BCUT2D eigenvalue weighted by molar-refractivity contribution is 5.33. The van der Waals surface area contributed by atoms with E-state index in [0.717, 1.165) is 6.54 Å². The van der Waals surface area contributed by atoms with E-state index >= 15 is 0 Å². The molecule has 1 aromatic heterocycles. The average Bonchev–Trinajstić information content (AvgIpc) is 2.68. The van der Waals surface area contributed by atoms with Crippen molar-refractivity contribution in [2.75, 3.05) is 0 Å². The summed E-state index contributed by atoms with van der Waals surface area (Å²) in [6.07, 6.45) is 3.32. The molecule has 0 aliphatic rings. The monoisotopic (exact) mass is 229 g/mol. The molecule has 0 radical (unpaired) electrons. The van der Waals surface area contributed by atoms with Crippen molar-refractivity contribution in [2.24, 2.45) is 0 Å². The predicted molar refractivity (Wildman–Crippen MR) is 69.0 cm³/mol. The largest absolute Gasteiger partial charge is 0.249 e. The molecule has 0 amide bonds. The van der Waals surface area contributed by atoms with Crippen LogP contribution in [-0.4, -0.2) is 14.8 Å². The molecule has 2 aromatic rings. The van der Waals surface area contributed by atoms with Crippen LogP contribution in [0.2, 0.25) is 0 Å². The number of nitrogens with zero attached hydrogens (tertiary/aromatic N) is 3. The summed E-state index contributed by atoms with van der Waals surface area (Å²) in [5, 5.41) is 4.14. The lowest BCUT2D eigenvalue weighted by Gasteiger charge is -2.20. The van der Waals surface area contributed by atoms with Gasteiger partial charge in [0.2, 0.25) is 0 Å². The first-order valence-electron chi connectivity index (χ1n) is 5.88. The van der Waals surface area contributed by atoms with Gasteiger partial charge in [-0.05, 0) is 23.5 Å². The molecule has 3 nitrogen and oxygen atoms in total. The van der Waals surface area contributed by atoms with Crippen LogP contribution in [0.1, 0.15) is 37.5 Å². The molecule has 0 saturated heterocycles. The number of rotatable bonds is 2. The van der Waals surface area contributed by atoms with Crippen molar-refractivity contribution in [3.05, 3.63) is 47.5 Å². The highest BCUT2D eigenvalue weighted by Crippen LogP contribution is 2.24. The third-order valence-electron chi connectivity index (χ3n) is 2.81. The van der Waals surface area contributed by atoms with E-state index in [-0.39, 0.29) is 5.41 Å². The summed E-state index contributed by atoms with van der Waals surface area (Å²) in [6.45, 7) is 9.63. The molecule has 3 heteroatoms. The first kappa shape index (κ1) is 11.8. The number of aryl methyl sites for hydroxylation is 1. The van der Waals surface area contributed by atoms with Crippen molar-refractivity contribution < 1.29 is 0 Å². The van der Waals surface area contributed by atoms with E-state index in [2.05, 4.69) is 56.0 Å². The molecule has 17 heavy (non-hydrogen) atoms. The minimum atomic E-state index is 0.184. The van der Waals surface area contributed by atoms with Gasteiger partial charge in [0.1, 0.15) is 12.7 Å². The van der Waals surface area contributed by atoms with Crippen LogP contribution >= 0.6 is 0 Å². The molecule has 0 aliphatic carbocycles. The second-order valence-electron chi connectivity index (χ2n) is 5.55. The van der Waals surface area contributed by atoms with Crippen molar-refractivity contribution in [2.45, 2.75) is 39.7 Å². The van der Waals surface area contributed by atoms with E-state index in [0.29, 0.717) is 0 Å². The zero-order valence-electron chi connectivity index (χ0n) is 10.9. The summed E-state index contributed by atoms with van der Waals surface area (Å²) in [7, 11) is 0. The van der Waals surface area contributed by atoms with Gasteiger partial charge in [0.05, 0.1) is 6.54 Å². The Labute approximate surface area is 103 Å². The smallest absolute Gasteiger partial charge is 0.137 e. The second kappa shape index (κ2) is 4.32. The zero-order chi connectivity index (χ0) is 12.5. The molecular weight excluding hydrogens is 210 g/mol. The Morgan fingerprint density at radius 3 is 2.53 bits per heavy atom. The van der Waals surface area contributed by atoms with E-state index in [1.54, 1.807) is 12.7 Å². The Kier molecular flexibility index (Phi) is 3.01. The Balaban J connectivity index is 2.32. The lowest BCUT2D eigenvalue weighted by atomic mass is 9.85. The van der Waals surface area contributed by atoms with Gasteiger partial charge in [-0.25, -0.2) is 9.67 Å². The Morgan fingerprint density at radius 2 is 1.94 bits per heavy atom. The van der Waals surface area contributed by atoms with Crippen LogP contribution in [0.5, 0.6) is 0 Å². The van der Waals surface area contributed by atoms with Crippen LogP contribution in [0.3, 0.4) is 0 Å². The molecular formula is C14H19N3. The second-order valence-corrected chi connectivity index (χ2v) is 5.55. The molecule has 90 valence electrons. The van der Waals surface area contributed by atoms with E-state index < -0.39 is 0 Å². The van der Waals surface area contributed by atoms with Gasteiger partial charge in [-0.2, -0.15) is 5.10 Å². The van der Waals surface area contributed by atoms with Crippen LogP contribution < -0.4 is 0 Å². The fraction of sp³-hybridized carbons (Fsp3) is 0.429. The Morgan fingerprint density at radius 1 is 1.18 bits per heavy atom. The van der Waals surface area contributed by atoms with Gasteiger partial charge in [0.25, 0.3) is 0 Å². The van der Waals surface area contributed by atoms with Crippen LogP contribution in [-0.2, 0) is 12.0 Å². The zero-order valence-corrected chi connectivity index (χ0v) is 10.9. The third kappa shape index (κ3) is 2.93. The maximum atomic E-state index is 4.14. The summed E-state index contributed by atoms with van der Waals surface area (Å²) in [5.74, 6) is 0. The molecule has 0 atom stereocenters. The lowest BCUT2D eigenvalue weighted by molar-refractivity contribution is 0.587. The van der Waals surface area contributed by atoms with Gasteiger partial charge >= 0.3 is 0 Å². The predicted octanol–water partition coefficient (Wildman–Crippen LogP) is 2.93. The molecule has 0 spiro atoms. The van der Waals surface area contributed by atoms with Gasteiger partial charge < -0.3 is 0 Å². The molecule has 2 rings (SSSR count). The van der Waals surface area contributed by atoms with Crippen molar-refractivity contribution in [1.29, 1.82) is 0 Å². The maximum Gasteiger partial charge on any atom is 0.137 e. The molecule has 0 unspecified atom stereocenters. The molecule has 0 aliphatic heterocycles. The highest BCUT2D eigenvalue weighted by atomic mass is 15.3. The Bertz CT molecular complexity index is 493. The van der Waals surface area contributed by atoms with Crippen LogP contribution in [0.25, 0.3) is 0 Å². The minimum absolute atomic E-state index is 0.184. The maximum absolute atomic E-state index is 4.14.